The molecule has 18 heavy (non-hydrogen) atoms. The molecule has 0 saturated carbocycles. The van der Waals surface area contributed by atoms with Gasteiger partial charge in [0, 0.05) is 12.3 Å². The maximum Gasteiger partial charge on any atom is 0.250 e. The van der Waals surface area contributed by atoms with Gasteiger partial charge in [-0.25, -0.2) is 8.42 Å². The number of sulfone groups is 1. The van der Waals surface area contributed by atoms with Crippen LogP contribution >= 0.6 is 0 Å². The largest absolute Gasteiger partial charge is 0.397 e. The van der Waals surface area contributed by atoms with E-state index in [4.69, 9.17) is 11.5 Å². The van der Waals surface area contributed by atoms with Gasteiger partial charge >= 0.3 is 0 Å². The molecule has 0 saturated heterocycles. The zero-order valence-electron chi connectivity index (χ0n) is 10.1. The number of nitrogens with one attached hydrogen (secondary N) is 1. The molecule has 1 amide bonds. The predicted molar refractivity (Wildman–Crippen MR) is 72.2 cm³/mol. The second kappa shape index (κ2) is 5.72. The van der Waals surface area contributed by atoms with E-state index in [1.807, 2.05) is 0 Å². The maximum atomic E-state index is 11.3. The van der Waals surface area contributed by atoms with Crippen molar-refractivity contribution in [1.82, 2.24) is 0 Å². The van der Waals surface area contributed by atoms with E-state index >= 15 is 0 Å². The van der Waals surface area contributed by atoms with Gasteiger partial charge in [0.15, 0.2) is 9.84 Å². The Morgan fingerprint density at radius 1 is 1.39 bits per heavy atom. The average molecular weight is 271 g/mol. The van der Waals surface area contributed by atoms with E-state index in [1.54, 1.807) is 19.1 Å². The van der Waals surface area contributed by atoms with Crippen molar-refractivity contribution in [3.8, 4) is 0 Å². The van der Waals surface area contributed by atoms with Crippen molar-refractivity contribution in [3.05, 3.63) is 23.8 Å². The minimum atomic E-state index is -3.06. The van der Waals surface area contributed by atoms with E-state index in [0.717, 1.165) is 0 Å². The van der Waals surface area contributed by atoms with Crippen LogP contribution in [0.1, 0.15) is 17.3 Å². The summed E-state index contributed by atoms with van der Waals surface area (Å²) in [5.41, 5.74) is 11.9. The van der Waals surface area contributed by atoms with E-state index in [9.17, 15) is 13.2 Å². The molecular formula is C11H17N3O3S. The zero-order chi connectivity index (χ0) is 13.8. The molecule has 6 nitrogen and oxygen atoms in total. The standard InChI is InChI=1S/C11H17N3O3S/c1-2-18(16,17)7-6-14-10-8(11(13)15)4-3-5-9(10)12/h3-5,14H,2,6-7,12H2,1H3,(H2,13,15). The highest BCUT2D eigenvalue weighted by Gasteiger charge is 2.12. The number of para-hydroxylation sites is 1. The second-order valence-electron chi connectivity index (χ2n) is 3.80. The molecule has 5 N–H and O–H groups in total. The maximum absolute atomic E-state index is 11.3. The Morgan fingerprint density at radius 3 is 2.61 bits per heavy atom. The topological polar surface area (TPSA) is 115 Å². The molecule has 0 aromatic heterocycles. The van der Waals surface area contributed by atoms with Crippen LogP contribution in [0.25, 0.3) is 0 Å². The van der Waals surface area contributed by atoms with Gasteiger partial charge in [-0.15, -0.1) is 0 Å². The van der Waals surface area contributed by atoms with Crippen molar-refractivity contribution in [2.45, 2.75) is 6.92 Å². The highest BCUT2D eigenvalue weighted by Crippen LogP contribution is 2.22. The third-order valence-electron chi connectivity index (χ3n) is 2.52. The molecule has 0 aliphatic heterocycles. The normalized spacial score (nSPS) is 11.2. The third-order valence-corrected chi connectivity index (χ3v) is 4.22. The van der Waals surface area contributed by atoms with Gasteiger partial charge < -0.3 is 16.8 Å². The van der Waals surface area contributed by atoms with Crippen LogP contribution < -0.4 is 16.8 Å². The number of rotatable bonds is 6. The van der Waals surface area contributed by atoms with Crippen molar-refractivity contribution < 1.29 is 13.2 Å². The Balaban J connectivity index is 2.82. The summed E-state index contributed by atoms with van der Waals surface area (Å²) >= 11 is 0. The molecule has 0 spiro atoms. The molecule has 0 radical (unpaired) electrons. The summed E-state index contributed by atoms with van der Waals surface area (Å²) in [6, 6.07) is 4.77. The summed E-state index contributed by atoms with van der Waals surface area (Å²) in [5.74, 6) is -0.541. The molecule has 1 aromatic rings. The number of primary amides is 1. The summed E-state index contributed by atoms with van der Waals surface area (Å²) in [6.45, 7) is 1.77. The second-order valence-corrected chi connectivity index (χ2v) is 6.27. The summed E-state index contributed by atoms with van der Waals surface area (Å²) in [5, 5.41) is 2.85. The fourth-order valence-electron chi connectivity index (χ4n) is 1.45. The number of carbonyl (C=O) groups excluding carboxylic acids is 1. The van der Waals surface area contributed by atoms with E-state index < -0.39 is 15.7 Å². The molecule has 0 heterocycles. The first-order valence-electron chi connectivity index (χ1n) is 5.50. The molecule has 0 aliphatic carbocycles. The number of hydrogen-bond acceptors (Lipinski definition) is 5. The quantitative estimate of drug-likeness (QED) is 0.640. The fourth-order valence-corrected chi connectivity index (χ4v) is 2.15. The SMILES string of the molecule is CCS(=O)(=O)CCNc1c(N)cccc1C(N)=O. The first-order chi connectivity index (χ1) is 8.37. The lowest BCUT2D eigenvalue weighted by atomic mass is 10.1. The molecule has 0 fully saturated rings. The van der Waals surface area contributed by atoms with Gasteiger partial charge in [-0.2, -0.15) is 0 Å². The number of amides is 1. The van der Waals surface area contributed by atoms with Gasteiger partial charge in [0.05, 0.1) is 22.7 Å². The van der Waals surface area contributed by atoms with Gasteiger partial charge in [-0.1, -0.05) is 13.0 Å². The average Bonchev–Trinajstić information content (AvgIpc) is 2.30. The Kier molecular flexibility index (Phi) is 4.55. The Hall–Kier alpha value is -1.76. The lowest BCUT2D eigenvalue weighted by molar-refractivity contribution is 0.100. The highest BCUT2D eigenvalue weighted by molar-refractivity contribution is 7.91. The predicted octanol–water partition coefficient (Wildman–Crippen LogP) is 0.214. The van der Waals surface area contributed by atoms with Crippen molar-refractivity contribution in [2.24, 2.45) is 5.73 Å². The van der Waals surface area contributed by atoms with Crippen LogP contribution in [0, 0.1) is 0 Å². The van der Waals surface area contributed by atoms with E-state index in [1.165, 1.54) is 6.07 Å². The van der Waals surface area contributed by atoms with E-state index in [2.05, 4.69) is 5.32 Å². The third kappa shape index (κ3) is 3.63. The van der Waals surface area contributed by atoms with Gasteiger partial charge in [0.25, 0.3) is 5.91 Å². The minimum absolute atomic E-state index is 0.0178. The first-order valence-corrected chi connectivity index (χ1v) is 7.32. The number of hydrogen-bond donors (Lipinski definition) is 3. The zero-order valence-corrected chi connectivity index (χ0v) is 11.0. The van der Waals surface area contributed by atoms with Crippen LogP contribution in [0.4, 0.5) is 11.4 Å². The van der Waals surface area contributed by atoms with Crippen LogP contribution in [0.5, 0.6) is 0 Å². The Morgan fingerprint density at radius 2 is 2.06 bits per heavy atom. The Labute approximate surface area is 106 Å². The van der Waals surface area contributed by atoms with Gasteiger partial charge in [0.1, 0.15) is 0 Å². The monoisotopic (exact) mass is 271 g/mol. The lowest BCUT2D eigenvalue weighted by Crippen LogP contribution is -2.20. The number of carbonyl (C=O) groups is 1. The number of nitrogen functional groups attached to an aromatic ring is 1. The highest BCUT2D eigenvalue weighted by atomic mass is 32.2. The van der Waals surface area contributed by atoms with Crippen molar-refractivity contribution in [3.63, 3.8) is 0 Å². The number of benzene rings is 1. The van der Waals surface area contributed by atoms with Crippen LogP contribution in [0.3, 0.4) is 0 Å². The number of nitrogens with two attached hydrogens (primary N) is 2. The molecular weight excluding hydrogens is 254 g/mol. The smallest absolute Gasteiger partial charge is 0.250 e. The molecule has 7 heteroatoms. The van der Waals surface area contributed by atoms with E-state index in [0.29, 0.717) is 11.4 Å². The molecule has 0 atom stereocenters. The van der Waals surface area contributed by atoms with Crippen LogP contribution in [-0.4, -0.2) is 32.4 Å². The van der Waals surface area contributed by atoms with Gasteiger partial charge in [-0.05, 0) is 12.1 Å². The molecule has 0 unspecified atom stereocenters. The van der Waals surface area contributed by atoms with Crippen molar-refractivity contribution in [1.29, 1.82) is 0 Å². The molecule has 0 aliphatic rings. The van der Waals surface area contributed by atoms with Crippen molar-refractivity contribution in [2.75, 3.05) is 29.1 Å². The van der Waals surface area contributed by atoms with Crippen molar-refractivity contribution >= 4 is 27.1 Å². The summed E-state index contributed by atoms with van der Waals surface area (Å²) in [7, 11) is -3.06. The van der Waals surface area contributed by atoms with E-state index in [-0.39, 0.29) is 23.6 Å². The summed E-state index contributed by atoms with van der Waals surface area (Å²) in [4.78, 5) is 11.2. The summed E-state index contributed by atoms with van der Waals surface area (Å²) in [6.07, 6.45) is 0. The molecule has 1 aromatic carbocycles. The minimum Gasteiger partial charge on any atom is -0.397 e. The lowest BCUT2D eigenvalue weighted by Gasteiger charge is -2.12. The fraction of sp³-hybridized carbons (Fsp3) is 0.364. The van der Waals surface area contributed by atoms with Crippen LogP contribution in [0.2, 0.25) is 0 Å². The molecule has 0 bridgehead atoms. The van der Waals surface area contributed by atoms with Crippen LogP contribution in [-0.2, 0) is 9.84 Å². The molecule has 100 valence electrons. The van der Waals surface area contributed by atoms with Gasteiger partial charge in [0.2, 0.25) is 0 Å². The summed E-state index contributed by atoms with van der Waals surface area (Å²) < 4.78 is 22.7. The van der Waals surface area contributed by atoms with Gasteiger partial charge in [-0.3, -0.25) is 4.79 Å². The number of anilines is 2. The van der Waals surface area contributed by atoms with Crippen LogP contribution in [0.15, 0.2) is 18.2 Å². The Bertz CT molecular complexity index is 540. The first kappa shape index (κ1) is 14.3. The molecule has 1 rings (SSSR count).